The van der Waals surface area contributed by atoms with Gasteiger partial charge in [0.2, 0.25) is 0 Å². The van der Waals surface area contributed by atoms with E-state index in [1.54, 1.807) is 0 Å². The van der Waals surface area contributed by atoms with E-state index in [1.807, 2.05) is 25.1 Å². The van der Waals surface area contributed by atoms with E-state index in [0.717, 1.165) is 29.0 Å². The van der Waals surface area contributed by atoms with Crippen LogP contribution in [-0.4, -0.2) is 9.46 Å². The molecule has 0 bridgehead atoms. The lowest BCUT2D eigenvalue weighted by molar-refractivity contribution is 0.642. The van der Waals surface area contributed by atoms with E-state index in [1.165, 1.54) is 25.7 Å². The largest absolute Gasteiger partial charge is 0.399 e. The third kappa shape index (κ3) is 3.09. The number of benzene rings is 1. The highest BCUT2D eigenvalue weighted by molar-refractivity contribution is 7.85. The van der Waals surface area contributed by atoms with Crippen molar-refractivity contribution in [2.45, 2.75) is 55.6 Å². The van der Waals surface area contributed by atoms with Crippen LogP contribution >= 0.6 is 0 Å². The summed E-state index contributed by atoms with van der Waals surface area (Å²) < 4.78 is 12.5. The molecule has 0 aliphatic heterocycles. The predicted octanol–water partition coefficient (Wildman–Crippen LogP) is 3.41. The number of rotatable bonds is 2. The van der Waals surface area contributed by atoms with E-state index in [4.69, 9.17) is 5.73 Å². The molecule has 0 spiro atoms. The monoisotopic (exact) mass is 251 g/mol. The van der Waals surface area contributed by atoms with Gasteiger partial charge in [0.25, 0.3) is 0 Å². The number of hydrogen-bond donors (Lipinski definition) is 1. The molecule has 1 aromatic carbocycles. The van der Waals surface area contributed by atoms with E-state index in [-0.39, 0.29) is 0 Å². The topological polar surface area (TPSA) is 43.1 Å². The maximum Gasteiger partial charge on any atom is 0.0560 e. The zero-order valence-corrected chi connectivity index (χ0v) is 11.3. The van der Waals surface area contributed by atoms with Gasteiger partial charge in [-0.05, 0) is 43.5 Å². The van der Waals surface area contributed by atoms with Crippen molar-refractivity contribution < 1.29 is 4.21 Å². The Kier molecular flexibility index (Phi) is 4.21. The van der Waals surface area contributed by atoms with E-state index in [9.17, 15) is 4.21 Å². The molecule has 0 aromatic heterocycles. The van der Waals surface area contributed by atoms with Gasteiger partial charge in [0, 0.05) is 15.8 Å². The summed E-state index contributed by atoms with van der Waals surface area (Å²) in [6.07, 6.45) is 7.27. The zero-order chi connectivity index (χ0) is 12.3. The lowest BCUT2D eigenvalue weighted by atomic mass is 10.2. The maximum absolute atomic E-state index is 12.5. The summed E-state index contributed by atoms with van der Waals surface area (Å²) in [5.41, 5.74) is 7.61. The Bertz CT molecular complexity index is 409. The second-order valence-electron chi connectivity index (χ2n) is 4.93. The van der Waals surface area contributed by atoms with Gasteiger partial charge in [-0.25, -0.2) is 0 Å². The standard InChI is InChI=1S/C14H21NOS/c1-11-10-13(8-9-14(11)15)17(16)12-6-4-2-3-5-7-12/h8-10,12H,2-7,15H2,1H3. The van der Waals surface area contributed by atoms with Crippen molar-refractivity contribution in [3.05, 3.63) is 23.8 Å². The van der Waals surface area contributed by atoms with Crippen LogP contribution in [0.5, 0.6) is 0 Å². The Morgan fingerprint density at radius 2 is 1.82 bits per heavy atom. The number of aryl methyl sites for hydroxylation is 1. The van der Waals surface area contributed by atoms with E-state index >= 15 is 0 Å². The Hall–Kier alpha value is -0.830. The van der Waals surface area contributed by atoms with Gasteiger partial charge < -0.3 is 5.73 Å². The normalized spacial score (nSPS) is 19.8. The lowest BCUT2D eigenvalue weighted by Gasteiger charge is -2.14. The molecule has 2 N–H and O–H groups in total. The van der Waals surface area contributed by atoms with Crippen molar-refractivity contribution in [3.8, 4) is 0 Å². The molecule has 2 rings (SSSR count). The molecule has 2 nitrogen and oxygen atoms in total. The van der Waals surface area contributed by atoms with E-state index in [2.05, 4.69) is 0 Å². The number of nitrogens with two attached hydrogens (primary N) is 1. The van der Waals surface area contributed by atoms with Crippen molar-refractivity contribution in [1.29, 1.82) is 0 Å². The Balaban J connectivity index is 2.14. The molecule has 0 heterocycles. The summed E-state index contributed by atoms with van der Waals surface area (Å²) in [5.74, 6) is 0. The lowest BCUT2D eigenvalue weighted by Crippen LogP contribution is -2.14. The summed E-state index contributed by atoms with van der Waals surface area (Å²) in [7, 11) is -0.855. The second kappa shape index (κ2) is 5.67. The second-order valence-corrected chi connectivity index (χ2v) is 6.66. The van der Waals surface area contributed by atoms with Crippen molar-refractivity contribution in [2.24, 2.45) is 0 Å². The minimum atomic E-state index is -0.855. The van der Waals surface area contributed by atoms with Crippen LogP contribution < -0.4 is 5.73 Å². The number of anilines is 1. The molecule has 1 aliphatic carbocycles. The molecule has 0 saturated heterocycles. The van der Waals surface area contributed by atoms with Gasteiger partial charge >= 0.3 is 0 Å². The van der Waals surface area contributed by atoms with Crippen LogP contribution in [0, 0.1) is 6.92 Å². The van der Waals surface area contributed by atoms with Crippen LogP contribution in [0.25, 0.3) is 0 Å². The van der Waals surface area contributed by atoms with E-state index < -0.39 is 10.8 Å². The molecule has 1 fully saturated rings. The van der Waals surface area contributed by atoms with Gasteiger partial charge in [-0.2, -0.15) is 0 Å². The molecular weight excluding hydrogens is 230 g/mol. The smallest absolute Gasteiger partial charge is 0.0560 e. The van der Waals surface area contributed by atoms with Crippen LogP contribution in [0.15, 0.2) is 23.1 Å². The van der Waals surface area contributed by atoms with Gasteiger partial charge in [-0.3, -0.25) is 4.21 Å². The minimum absolute atomic E-state index is 0.348. The molecule has 94 valence electrons. The molecule has 17 heavy (non-hydrogen) atoms. The van der Waals surface area contributed by atoms with Crippen molar-refractivity contribution >= 4 is 16.5 Å². The molecular formula is C14H21NOS. The molecule has 1 unspecified atom stereocenters. The number of nitrogen functional groups attached to an aromatic ring is 1. The summed E-state index contributed by atoms with van der Waals surface area (Å²) in [6.45, 7) is 1.98. The Morgan fingerprint density at radius 1 is 1.18 bits per heavy atom. The van der Waals surface area contributed by atoms with Gasteiger partial charge in [0.1, 0.15) is 0 Å². The molecule has 3 heteroatoms. The van der Waals surface area contributed by atoms with Crippen LogP contribution in [0.3, 0.4) is 0 Å². The third-order valence-corrected chi connectivity index (χ3v) is 5.37. The fraction of sp³-hybridized carbons (Fsp3) is 0.571. The van der Waals surface area contributed by atoms with Gasteiger partial charge in [-0.1, -0.05) is 25.7 Å². The summed E-state index contributed by atoms with van der Waals surface area (Å²) in [6, 6.07) is 5.78. The molecule has 0 amide bonds. The predicted molar refractivity (Wildman–Crippen MR) is 73.5 cm³/mol. The Morgan fingerprint density at radius 3 is 2.41 bits per heavy atom. The van der Waals surface area contributed by atoms with Crippen molar-refractivity contribution in [3.63, 3.8) is 0 Å². The maximum atomic E-state index is 12.5. The molecule has 1 saturated carbocycles. The van der Waals surface area contributed by atoms with Crippen molar-refractivity contribution in [2.75, 3.05) is 5.73 Å². The SMILES string of the molecule is Cc1cc(S(=O)C2CCCCCC2)ccc1N. The van der Waals surface area contributed by atoms with Crippen LogP contribution in [0.2, 0.25) is 0 Å². The summed E-state index contributed by atoms with van der Waals surface area (Å²) in [4.78, 5) is 0.948. The average molecular weight is 251 g/mol. The highest BCUT2D eigenvalue weighted by atomic mass is 32.2. The van der Waals surface area contributed by atoms with Crippen LogP contribution in [0.4, 0.5) is 5.69 Å². The first kappa shape index (κ1) is 12.6. The highest BCUT2D eigenvalue weighted by Gasteiger charge is 2.20. The first-order chi connectivity index (χ1) is 8.18. The number of hydrogen-bond acceptors (Lipinski definition) is 2. The fourth-order valence-electron chi connectivity index (χ4n) is 2.42. The zero-order valence-electron chi connectivity index (χ0n) is 10.4. The minimum Gasteiger partial charge on any atom is -0.399 e. The molecule has 1 aliphatic rings. The van der Waals surface area contributed by atoms with E-state index in [0.29, 0.717) is 5.25 Å². The van der Waals surface area contributed by atoms with Gasteiger partial charge in [0.05, 0.1) is 10.8 Å². The molecule has 0 radical (unpaired) electrons. The molecule has 1 atom stereocenters. The average Bonchev–Trinajstić information content (AvgIpc) is 2.60. The van der Waals surface area contributed by atoms with Gasteiger partial charge in [-0.15, -0.1) is 0 Å². The van der Waals surface area contributed by atoms with Crippen LogP contribution in [-0.2, 0) is 10.8 Å². The Labute approximate surface area is 106 Å². The summed E-state index contributed by atoms with van der Waals surface area (Å²) >= 11 is 0. The van der Waals surface area contributed by atoms with Crippen molar-refractivity contribution in [1.82, 2.24) is 0 Å². The first-order valence-electron chi connectivity index (χ1n) is 6.45. The fourth-order valence-corrected chi connectivity index (χ4v) is 4.06. The quantitative estimate of drug-likeness (QED) is 0.646. The molecule has 1 aromatic rings. The van der Waals surface area contributed by atoms with Gasteiger partial charge in [0.15, 0.2) is 0 Å². The first-order valence-corrected chi connectivity index (χ1v) is 7.66. The van der Waals surface area contributed by atoms with Crippen LogP contribution in [0.1, 0.15) is 44.1 Å². The highest BCUT2D eigenvalue weighted by Crippen LogP contribution is 2.26. The third-order valence-electron chi connectivity index (χ3n) is 3.58. The summed E-state index contributed by atoms with van der Waals surface area (Å²) in [5, 5.41) is 0.348.